The van der Waals surface area contributed by atoms with Crippen molar-refractivity contribution in [3.05, 3.63) is 30.1 Å². The van der Waals surface area contributed by atoms with E-state index in [0.717, 1.165) is 18.4 Å². The van der Waals surface area contributed by atoms with E-state index in [1.54, 1.807) is 12.4 Å². The highest BCUT2D eigenvalue weighted by molar-refractivity contribution is 5.84. The van der Waals surface area contributed by atoms with Crippen LogP contribution in [0.3, 0.4) is 0 Å². The number of carboxylic acid groups (broad SMARTS) is 1. The maximum Gasteiger partial charge on any atom is 0.224 e. The van der Waals surface area contributed by atoms with Gasteiger partial charge in [0.25, 0.3) is 0 Å². The molecule has 102 valence electrons. The second-order valence-electron chi connectivity index (χ2n) is 4.89. The van der Waals surface area contributed by atoms with Gasteiger partial charge >= 0.3 is 0 Å². The lowest BCUT2D eigenvalue weighted by Crippen LogP contribution is -2.44. The third kappa shape index (κ3) is 3.53. The summed E-state index contributed by atoms with van der Waals surface area (Å²) < 4.78 is 0. The van der Waals surface area contributed by atoms with Crippen LogP contribution in [-0.2, 0) is 16.1 Å². The normalized spacial score (nSPS) is 22.7. The van der Waals surface area contributed by atoms with Crippen molar-refractivity contribution in [2.75, 3.05) is 0 Å². The van der Waals surface area contributed by atoms with E-state index >= 15 is 0 Å². The van der Waals surface area contributed by atoms with E-state index in [0.29, 0.717) is 19.4 Å². The van der Waals surface area contributed by atoms with Crippen LogP contribution in [0.4, 0.5) is 0 Å². The Kier molecular flexibility index (Phi) is 4.49. The van der Waals surface area contributed by atoms with Gasteiger partial charge in [-0.3, -0.25) is 9.78 Å². The lowest BCUT2D eigenvalue weighted by atomic mass is 9.78. The number of rotatable bonds is 4. The molecule has 1 heterocycles. The average molecular weight is 261 g/mol. The molecule has 1 saturated carbocycles. The average Bonchev–Trinajstić information content (AvgIpc) is 2.46. The number of nitrogens with zero attached hydrogens (tertiary/aromatic N) is 1. The van der Waals surface area contributed by atoms with E-state index in [2.05, 4.69) is 10.3 Å². The number of aliphatic carboxylic acids is 1. The molecule has 5 nitrogen and oxygen atoms in total. The SMILES string of the molecule is O=C([O-])[C@H]1CCCC[C@H]1C(=O)NCc1ccncc1. The number of hydrogen-bond acceptors (Lipinski definition) is 4. The van der Waals surface area contributed by atoms with Gasteiger partial charge in [-0.2, -0.15) is 0 Å². The van der Waals surface area contributed by atoms with Gasteiger partial charge in [0.1, 0.15) is 0 Å². The van der Waals surface area contributed by atoms with Gasteiger partial charge in [-0.15, -0.1) is 0 Å². The molecule has 1 N–H and O–H groups in total. The summed E-state index contributed by atoms with van der Waals surface area (Å²) in [4.78, 5) is 27.0. The number of hydrogen-bond donors (Lipinski definition) is 1. The maximum atomic E-state index is 12.1. The first-order chi connectivity index (χ1) is 9.18. The van der Waals surface area contributed by atoms with Crippen molar-refractivity contribution in [3.8, 4) is 0 Å². The topological polar surface area (TPSA) is 82.1 Å². The molecule has 5 heteroatoms. The van der Waals surface area contributed by atoms with Gasteiger partial charge < -0.3 is 15.2 Å². The van der Waals surface area contributed by atoms with Crippen molar-refractivity contribution in [1.82, 2.24) is 10.3 Å². The second kappa shape index (κ2) is 6.31. The van der Waals surface area contributed by atoms with E-state index in [1.165, 1.54) is 0 Å². The van der Waals surface area contributed by atoms with Crippen LogP contribution in [0, 0.1) is 11.8 Å². The largest absolute Gasteiger partial charge is 0.550 e. The lowest BCUT2D eigenvalue weighted by molar-refractivity contribution is -0.314. The summed E-state index contributed by atoms with van der Waals surface area (Å²) in [6, 6.07) is 3.63. The number of carbonyl (C=O) groups excluding carboxylic acids is 2. The van der Waals surface area contributed by atoms with E-state index < -0.39 is 17.8 Å². The molecule has 1 aromatic rings. The van der Waals surface area contributed by atoms with Crippen molar-refractivity contribution in [2.45, 2.75) is 32.2 Å². The van der Waals surface area contributed by atoms with Gasteiger partial charge in [-0.25, -0.2) is 0 Å². The third-order valence-corrected chi connectivity index (χ3v) is 3.62. The van der Waals surface area contributed by atoms with Crippen LogP contribution in [-0.4, -0.2) is 16.9 Å². The van der Waals surface area contributed by atoms with Crippen LogP contribution in [0.5, 0.6) is 0 Å². The number of carboxylic acids is 1. The first-order valence-corrected chi connectivity index (χ1v) is 6.56. The summed E-state index contributed by atoms with van der Waals surface area (Å²) in [5.41, 5.74) is 0.948. The molecule has 2 atom stereocenters. The molecule has 0 aromatic carbocycles. The zero-order chi connectivity index (χ0) is 13.7. The Bertz CT molecular complexity index is 447. The Balaban J connectivity index is 1.93. The summed E-state index contributed by atoms with van der Waals surface area (Å²) in [6.45, 7) is 0.400. The van der Waals surface area contributed by atoms with Crippen molar-refractivity contribution in [3.63, 3.8) is 0 Å². The van der Waals surface area contributed by atoms with Crippen LogP contribution in [0.15, 0.2) is 24.5 Å². The van der Waals surface area contributed by atoms with Gasteiger partial charge in [0.15, 0.2) is 0 Å². The monoisotopic (exact) mass is 261 g/mol. The van der Waals surface area contributed by atoms with Gasteiger partial charge in [0, 0.05) is 36.7 Å². The molecule has 1 aliphatic carbocycles. The number of pyridine rings is 1. The minimum atomic E-state index is -1.11. The van der Waals surface area contributed by atoms with E-state index in [-0.39, 0.29) is 5.91 Å². The molecular weight excluding hydrogens is 244 g/mol. The Labute approximate surface area is 112 Å². The molecule has 0 aliphatic heterocycles. The molecule has 19 heavy (non-hydrogen) atoms. The standard InChI is InChI=1S/C14H18N2O3/c17-13(16-9-10-5-7-15-8-6-10)11-3-1-2-4-12(11)14(18)19/h5-8,11-12H,1-4,9H2,(H,16,17)(H,18,19)/p-1/t11-,12+/m1/s1. The Morgan fingerprint density at radius 1 is 1.21 bits per heavy atom. The minimum Gasteiger partial charge on any atom is -0.550 e. The highest BCUT2D eigenvalue weighted by Gasteiger charge is 2.31. The number of amides is 1. The summed E-state index contributed by atoms with van der Waals surface area (Å²) in [7, 11) is 0. The van der Waals surface area contributed by atoms with Crippen molar-refractivity contribution >= 4 is 11.9 Å². The third-order valence-electron chi connectivity index (χ3n) is 3.62. The molecule has 0 radical (unpaired) electrons. The van der Waals surface area contributed by atoms with Crippen molar-refractivity contribution in [1.29, 1.82) is 0 Å². The molecule has 1 aliphatic rings. The fraction of sp³-hybridized carbons (Fsp3) is 0.500. The Hall–Kier alpha value is -1.91. The Morgan fingerprint density at radius 2 is 1.84 bits per heavy atom. The summed E-state index contributed by atoms with van der Waals surface area (Å²) in [6.07, 6.45) is 6.23. The number of aromatic nitrogens is 1. The molecule has 1 amide bonds. The number of carbonyl (C=O) groups is 2. The molecule has 1 fully saturated rings. The Morgan fingerprint density at radius 3 is 2.47 bits per heavy atom. The summed E-state index contributed by atoms with van der Waals surface area (Å²) in [5.74, 6) is -2.40. The van der Waals surface area contributed by atoms with E-state index in [1.807, 2.05) is 12.1 Å². The maximum absolute atomic E-state index is 12.1. The smallest absolute Gasteiger partial charge is 0.224 e. The highest BCUT2D eigenvalue weighted by Crippen LogP contribution is 2.29. The minimum absolute atomic E-state index is 0.189. The van der Waals surface area contributed by atoms with Crippen molar-refractivity contribution in [2.24, 2.45) is 11.8 Å². The van der Waals surface area contributed by atoms with Crippen LogP contribution in [0.1, 0.15) is 31.2 Å². The molecule has 0 unspecified atom stereocenters. The fourth-order valence-corrected chi connectivity index (χ4v) is 2.55. The van der Waals surface area contributed by atoms with Crippen molar-refractivity contribution < 1.29 is 14.7 Å². The molecule has 0 bridgehead atoms. The molecule has 2 rings (SSSR count). The summed E-state index contributed by atoms with van der Waals surface area (Å²) >= 11 is 0. The highest BCUT2D eigenvalue weighted by atomic mass is 16.4. The van der Waals surface area contributed by atoms with Crippen LogP contribution in [0.2, 0.25) is 0 Å². The van der Waals surface area contributed by atoms with Gasteiger partial charge in [-0.05, 0) is 30.5 Å². The molecule has 0 spiro atoms. The molecular formula is C14H17N2O3-. The zero-order valence-corrected chi connectivity index (χ0v) is 10.7. The van der Waals surface area contributed by atoms with Crippen LogP contribution < -0.4 is 10.4 Å². The quantitative estimate of drug-likeness (QED) is 0.842. The predicted molar refractivity (Wildman–Crippen MR) is 66.5 cm³/mol. The van der Waals surface area contributed by atoms with Crippen LogP contribution in [0.25, 0.3) is 0 Å². The second-order valence-corrected chi connectivity index (χ2v) is 4.89. The van der Waals surface area contributed by atoms with Gasteiger partial charge in [0.05, 0.1) is 0 Å². The van der Waals surface area contributed by atoms with Gasteiger partial charge in [-0.1, -0.05) is 12.8 Å². The van der Waals surface area contributed by atoms with Gasteiger partial charge in [0.2, 0.25) is 5.91 Å². The molecule has 0 saturated heterocycles. The first kappa shape index (κ1) is 13.5. The number of nitrogens with one attached hydrogen (secondary N) is 1. The van der Waals surface area contributed by atoms with E-state index in [9.17, 15) is 14.7 Å². The zero-order valence-electron chi connectivity index (χ0n) is 10.7. The predicted octanol–water partition coefficient (Wildman–Crippen LogP) is 0.254. The summed E-state index contributed by atoms with van der Waals surface area (Å²) in [5, 5.41) is 13.8. The molecule has 1 aromatic heterocycles. The lowest BCUT2D eigenvalue weighted by Gasteiger charge is -2.31. The van der Waals surface area contributed by atoms with Crippen LogP contribution >= 0.6 is 0 Å². The van der Waals surface area contributed by atoms with E-state index in [4.69, 9.17) is 0 Å². The fourth-order valence-electron chi connectivity index (χ4n) is 2.55. The first-order valence-electron chi connectivity index (χ1n) is 6.56.